The largest absolute Gasteiger partial charge is 0.344 e. The minimum Gasteiger partial charge on any atom is -0.344 e. The molecule has 26 heteroatoms. The van der Waals surface area contributed by atoms with E-state index in [1.165, 1.54) is 6.20 Å². The fourth-order valence-corrected chi connectivity index (χ4v) is 14.2. The van der Waals surface area contributed by atoms with Gasteiger partial charge in [0.15, 0.2) is 11.3 Å². The van der Waals surface area contributed by atoms with Crippen molar-refractivity contribution in [2.45, 2.75) is 67.1 Å². The molecule has 0 aliphatic rings. The van der Waals surface area contributed by atoms with Crippen molar-refractivity contribution < 1.29 is 14.4 Å². The predicted octanol–water partition coefficient (Wildman–Crippen LogP) is 13.1. The molecule has 0 spiro atoms. The smallest absolute Gasteiger partial charge is 0.272 e. The van der Waals surface area contributed by atoms with Crippen LogP contribution in [-0.4, -0.2) is 99.9 Å². The van der Waals surface area contributed by atoms with Gasteiger partial charge in [0.1, 0.15) is 16.8 Å². The number of fused-ring (bicyclic) bond motifs is 5. The molecule has 17 rings (SSSR count). The summed E-state index contributed by atoms with van der Waals surface area (Å²) in [6.07, 6.45) is 20.7. The van der Waals surface area contributed by atoms with Gasteiger partial charge in [-0.3, -0.25) is 61.5 Å². The number of pyridine rings is 3. The van der Waals surface area contributed by atoms with Gasteiger partial charge in [-0.15, -0.1) is 0 Å². The minimum absolute atomic E-state index is 0. The first kappa shape index (κ1) is 74.2. The number of aromatic nitrogens is 17. The molecule has 112 heavy (non-hydrogen) atoms. The van der Waals surface area contributed by atoms with Gasteiger partial charge in [-0.05, 0) is 141 Å². The maximum Gasteiger partial charge on any atom is 0.272 e. The monoisotopic (exact) mass is 1490 g/mol. The zero-order chi connectivity index (χ0) is 77.3. The van der Waals surface area contributed by atoms with Crippen LogP contribution in [0.2, 0.25) is 0 Å². The topological polar surface area (TPSA) is 293 Å². The molecule has 0 fully saturated rings. The lowest BCUT2D eigenvalue weighted by atomic mass is 9.99. The highest BCUT2D eigenvalue weighted by molar-refractivity contribution is 6.03. The predicted molar refractivity (Wildman–Crippen MR) is 432 cm³/mol. The lowest BCUT2D eigenvalue weighted by Gasteiger charge is -2.21. The lowest BCUT2D eigenvalue weighted by Crippen LogP contribution is -2.33. The molecule has 17 aromatic rings. The van der Waals surface area contributed by atoms with Gasteiger partial charge in [-0.25, -0.2) is 24.0 Å². The second kappa shape index (κ2) is 31.3. The highest BCUT2D eigenvalue weighted by atomic mass is 16.2. The molecule has 0 saturated heterocycles. The summed E-state index contributed by atoms with van der Waals surface area (Å²) in [6, 6.07) is 53.6. The average molecular weight is 1490 g/mol. The molecule has 0 saturated carbocycles. The molecule has 6 aromatic carbocycles. The maximum absolute atomic E-state index is 14.2. The average Bonchev–Trinajstić information content (AvgIpc) is 0.948. The van der Waals surface area contributed by atoms with Crippen molar-refractivity contribution in [2.24, 2.45) is 21.1 Å². The number of benzene rings is 6. The third-order valence-electron chi connectivity index (χ3n) is 19.4. The molecular weight excluding hydrogens is 1410 g/mol. The van der Waals surface area contributed by atoms with Crippen LogP contribution in [0.1, 0.15) is 112 Å². The number of carbonyl (C=O) groups excluding carboxylic acids is 3. The van der Waals surface area contributed by atoms with E-state index in [-0.39, 0.29) is 47.5 Å². The first-order valence-corrected chi connectivity index (χ1v) is 35.8. The normalized spacial score (nSPS) is 12.0. The number of nitrogens with one attached hydrogen (secondary N) is 3. The Labute approximate surface area is 641 Å². The third kappa shape index (κ3) is 14.3. The van der Waals surface area contributed by atoms with E-state index in [9.17, 15) is 28.8 Å². The maximum atomic E-state index is 14.2. The van der Waals surface area contributed by atoms with Crippen LogP contribution in [0, 0.1) is 20.8 Å². The van der Waals surface area contributed by atoms with Crippen LogP contribution in [-0.2, 0) is 21.1 Å². The number of carbonyl (C=O) groups is 3. The highest BCUT2D eigenvalue weighted by Crippen LogP contribution is 2.34. The summed E-state index contributed by atoms with van der Waals surface area (Å²) in [5.74, 6) is -0.959. The SMILES string of the molecule is C.Cc1nccnc1C(=O)N[C@@H](C)c1cc2cccc(-c3cnn(C)c3)c2c(=O)n1-c1ccccc1.Cc1nn2cccnc2c1C(=O)N[C@@H](C)c1cc2cccc(-c3cnn(C)c3)c2c(=O)n1-c1ccccc1.Cc1nn2cccnc2c1C(=O)N[C@@H](C)c1cc2cccc(-c3cnn(C)c3)c2c(=O)n1-c1ccccc1. The Hall–Kier alpha value is -14.7. The summed E-state index contributed by atoms with van der Waals surface area (Å²) in [7, 11) is 5.54. The second-order valence-corrected chi connectivity index (χ2v) is 26.9. The first-order chi connectivity index (χ1) is 53.8. The zero-order valence-electron chi connectivity index (χ0n) is 62.0. The Bertz CT molecular complexity index is 6350. The van der Waals surface area contributed by atoms with Crippen molar-refractivity contribution in [1.82, 2.24) is 98.2 Å². The summed E-state index contributed by atoms with van der Waals surface area (Å²) in [4.78, 5) is 99.4. The fourth-order valence-electron chi connectivity index (χ4n) is 14.2. The van der Waals surface area contributed by atoms with Crippen molar-refractivity contribution in [3.63, 3.8) is 0 Å². The van der Waals surface area contributed by atoms with Crippen LogP contribution in [0.15, 0.2) is 265 Å². The molecule has 0 radical (unpaired) electrons. The molecular formula is C86H78N20O6. The third-order valence-corrected chi connectivity index (χ3v) is 19.4. The minimum atomic E-state index is -0.500. The van der Waals surface area contributed by atoms with Gasteiger partial charge in [-0.2, -0.15) is 25.5 Å². The van der Waals surface area contributed by atoms with Crippen LogP contribution < -0.4 is 32.6 Å². The summed E-state index contributed by atoms with van der Waals surface area (Å²) < 4.78 is 13.3. The molecule has 3 amide bonds. The van der Waals surface area contributed by atoms with Crippen molar-refractivity contribution in [3.8, 4) is 50.4 Å². The lowest BCUT2D eigenvalue weighted by molar-refractivity contribution is 0.0926. The molecule has 0 aliphatic carbocycles. The van der Waals surface area contributed by atoms with E-state index >= 15 is 0 Å². The Kier molecular flexibility index (Phi) is 20.7. The van der Waals surface area contributed by atoms with Crippen molar-refractivity contribution in [2.75, 3.05) is 0 Å². The van der Waals surface area contributed by atoms with Gasteiger partial charge < -0.3 is 16.0 Å². The standard InChI is InChI=1S/2C29H25N7O2.C27H24N6O2.CH4/c2*1-18(32-28(37)25-19(2)33-35-14-8-13-30-27(25)35)24-15-20-9-7-12-23(21-16-31-34(3)17-21)26(20)29(38)36(24)22-10-5-4-6-11-22;1-17(31-26(34)25-18(2)28-12-13-29-25)23-14-19-8-7-11-22(20-15-30-32(3)16-20)24(19)27(35)33(23)21-9-5-4-6-10-21;/h2*4-18H,1-3H3,(H,32,37);4-17H,1-3H3,(H,31,34);1H4/t2*18-;17-;/m000./s1. The fraction of sp³-hybridized carbons (Fsp3) is 0.151. The number of nitrogens with zero attached hydrogens (tertiary/aromatic N) is 17. The summed E-state index contributed by atoms with van der Waals surface area (Å²) >= 11 is 0. The van der Waals surface area contributed by atoms with Crippen molar-refractivity contribution >= 4 is 61.3 Å². The van der Waals surface area contributed by atoms with Gasteiger partial charge >= 0.3 is 0 Å². The van der Waals surface area contributed by atoms with Gasteiger partial charge in [-0.1, -0.05) is 117 Å². The van der Waals surface area contributed by atoms with Crippen molar-refractivity contribution in [3.05, 3.63) is 332 Å². The quantitative estimate of drug-likeness (QED) is 0.0859. The Morgan fingerprint density at radius 1 is 0.375 bits per heavy atom. The van der Waals surface area contributed by atoms with E-state index in [0.717, 1.165) is 49.5 Å². The van der Waals surface area contributed by atoms with E-state index in [0.29, 0.717) is 89.8 Å². The second-order valence-electron chi connectivity index (χ2n) is 26.9. The van der Waals surface area contributed by atoms with Crippen LogP contribution in [0.4, 0.5) is 0 Å². The molecule has 0 unspecified atom stereocenters. The number of amides is 3. The summed E-state index contributed by atoms with van der Waals surface area (Å²) in [5, 5.41) is 34.9. The van der Waals surface area contributed by atoms with E-state index in [4.69, 9.17) is 0 Å². The Morgan fingerprint density at radius 2 is 0.705 bits per heavy atom. The first-order valence-electron chi connectivity index (χ1n) is 35.8. The molecule has 3 N–H and O–H groups in total. The molecule has 11 aromatic heterocycles. The highest BCUT2D eigenvalue weighted by Gasteiger charge is 2.28. The van der Waals surface area contributed by atoms with E-state index in [2.05, 4.69) is 61.4 Å². The molecule has 558 valence electrons. The van der Waals surface area contributed by atoms with Gasteiger partial charge in [0.25, 0.3) is 34.4 Å². The van der Waals surface area contributed by atoms with Crippen LogP contribution >= 0.6 is 0 Å². The van der Waals surface area contributed by atoms with E-state index < -0.39 is 18.1 Å². The van der Waals surface area contributed by atoms with E-state index in [1.807, 2.05) is 224 Å². The van der Waals surface area contributed by atoms with Crippen LogP contribution in [0.5, 0.6) is 0 Å². The molecule has 11 heterocycles. The number of rotatable bonds is 15. The number of hydrogen-bond acceptors (Lipinski definition) is 15. The Morgan fingerprint density at radius 3 is 1.03 bits per heavy atom. The molecule has 0 aliphatic heterocycles. The summed E-state index contributed by atoms with van der Waals surface area (Å²) in [6.45, 7) is 10.9. The molecule has 26 nitrogen and oxygen atoms in total. The number of hydrogen-bond donors (Lipinski definition) is 3. The van der Waals surface area contributed by atoms with Crippen molar-refractivity contribution in [1.29, 1.82) is 0 Å². The van der Waals surface area contributed by atoms with Gasteiger partial charge in [0.05, 0.1) is 70.0 Å². The summed E-state index contributed by atoms with van der Waals surface area (Å²) in [5.41, 5.74) is 12.4. The molecule has 3 atom stereocenters. The molecule has 0 bridgehead atoms. The van der Waals surface area contributed by atoms with Crippen LogP contribution in [0.3, 0.4) is 0 Å². The zero-order valence-corrected chi connectivity index (χ0v) is 62.0. The van der Waals surface area contributed by atoms with Gasteiger partial charge in [0, 0.05) is 128 Å². The number of para-hydroxylation sites is 3. The Balaban J connectivity index is 0.000000139. The van der Waals surface area contributed by atoms with Crippen LogP contribution in [0.25, 0.3) is 94.1 Å². The van der Waals surface area contributed by atoms with E-state index in [1.54, 1.807) is 119 Å². The number of aryl methyl sites for hydroxylation is 6. The van der Waals surface area contributed by atoms with Gasteiger partial charge in [0.2, 0.25) is 0 Å².